The van der Waals surface area contributed by atoms with Gasteiger partial charge in [0.2, 0.25) is 0 Å². The molecule has 0 spiro atoms. The molecule has 0 radical (unpaired) electrons. The zero-order valence-corrected chi connectivity index (χ0v) is 10.2. The maximum atomic E-state index is 6.06. The molecule has 0 aromatic heterocycles. The summed E-state index contributed by atoms with van der Waals surface area (Å²) in [6, 6.07) is 6.71. The first-order valence-electron chi connectivity index (χ1n) is 5.20. The van der Waals surface area contributed by atoms with Crippen LogP contribution in [0.3, 0.4) is 0 Å². The highest BCUT2D eigenvalue weighted by Gasteiger charge is 2.09. The van der Waals surface area contributed by atoms with Crippen LogP contribution >= 0.6 is 11.6 Å². The van der Waals surface area contributed by atoms with E-state index in [1.807, 2.05) is 0 Å². The molecule has 0 N–H and O–H groups in total. The van der Waals surface area contributed by atoms with Gasteiger partial charge in [-0.2, -0.15) is 0 Å². The van der Waals surface area contributed by atoms with Crippen molar-refractivity contribution >= 4 is 11.6 Å². The normalized spacial score (nSPS) is 15.2. The van der Waals surface area contributed by atoms with Crippen molar-refractivity contribution in [1.82, 2.24) is 0 Å². The Kier molecular flexibility index (Phi) is 4.00. The highest BCUT2D eigenvalue weighted by molar-refractivity contribution is 6.20. The molecule has 0 aliphatic carbocycles. The van der Waals surface area contributed by atoms with Crippen LogP contribution in [0.2, 0.25) is 0 Å². The van der Waals surface area contributed by atoms with Crippen molar-refractivity contribution in [3.8, 4) is 0 Å². The number of rotatable bonds is 3. The van der Waals surface area contributed by atoms with Gasteiger partial charge in [-0.05, 0) is 38.7 Å². The van der Waals surface area contributed by atoms with Crippen molar-refractivity contribution in [3.05, 3.63) is 34.9 Å². The quantitative estimate of drug-likeness (QED) is 0.659. The maximum absolute atomic E-state index is 6.06. The van der Waals surface area contributed by atoms with Crippen molar-refractivity contribution in [2.45, 2.75) is 39.5 Å². The standard InChI is InChI=1S/C13H19Cl/c1-9-5-10(2)7-13(6-9)8-11(3)12(4)14/h5-7,11-12H,8H2,1-4H3. The first-order valence-corrected chi connectivity index (χ1v) is 5.64. The molecular formula is C13H19Cl. The largest absolute Gasteiger partial charge is 0.123 e. The lowest BCUT2D eigenvalue weighted by molar-refractivity contribution is 0.567. The second-order valence-electron chi connectivity index (χ2n) is 4.35. The summed E-state index contributed by atoms with van der Waals surface area (Å²) >= 11 is 6.06. The van der Waals surface area contributed by atoms with E-state index in [-0.39, 0.29) is 5.38 Å². The van der Waals surface area contributed by atoms with Gasteiger partial charge in [0.1, 0.15) is 0 Å². The monoisotopic (exact) mass is 210 g/mol. The highest BCUT2D eigenvalue weighted by Crippen LogP contribution is 2.18. The van der Waals surface area contributed by atoms with Crippen LogP contribution in [0, 0.1) is 19.8 Å². The van der Waals surface area contributed by atoms with Crippen LogP contribution < -0.4 is 0 Å². The summed E-state index contributed by atoms with van der Waals surface area (Å²) in [4.78, 5) is 0. The number of hydrogen-bond acceptors (Lipinski definition) is 0. The van der Waals surface area contributed by atoms with Gasteiger partial charge in [0.25, 0.3) is 0 Å². The third-order valence-corrected chi connectivity index (χ3v) is 3.05. The summed E-state index contributed by atoms with van der Waals surface area (Å²) in [5.41, 5.74) is 4.09. The Hall–Kier alpha value is -0.490. The van der Waals surface area contributed by atoms with E-state index in [0.29, 0.717) is 5.92 Å². The SMILES string of the molecule is Cc1cc(C)cc(CC(C)C(C)Cl)c1. The third kappa shape index (κ3) is 3.34. The van der Waals surface area contributed by atoms with Gasteiger partial charge >= 0.3 is 0 Å². The number of alkyl halides is 1. The van der Waals surface area contributed by atoms with Crippen LogP contribution in [0.5, 0.6) is 0 Å². The zero-order chi connectivity index (χ0) is 10.7. The smallest absolute Gasteiger partial charge is 0.0336 e. The Morgan fingerprint density at radius 3 is 2.00 bits per heavy atom. The van der Waals surface area contributed by atoms with Crippen LogP contribution in [0.15, 0.2) is 18.2 Å². The first kappa shape index (κ1) is 11.6. The predicted octanol–water partition coefficient (Wildman–Crippen LogP) is 4.11. The molecule has 1 heteroatoms. The van der Waals surface area contributed by atoms with E-state index in [1.165, 1.54) is 16.7 Å². The van der Waals surface area contributed by atoms with E-state index < -0.39 is 0 Å². The lowest BCUT2D eigenvalue weighted by atomic mass is 9.96. The third-order valence-electron chi connectivity index (χ3n) is 2.62. The van der Waals surface area contributed by atoms with Gasteiger partial charge in [0.05, 0.1) is 0 Å². The molecule has 0 amide bonds. The predicted molar refractivity (Wildman–Crippen MR) is 64.1 cm³/mol. The van der Waals surface area contributed by atoms with Crippen molar-refractivity contribution < 1.29 is 0 Å². The Morgan fingerprint density at radius 2 is 1.57 bits per heavy atom. The molecule has 78 valence electrons. The van der Waals surface area contributed by atoms with Crippen LogP contribution in [-0.2, 0) is 6.42 Å². The minimum Gasteiger partial charge on any atom is -0.123 e. The van der Waals surface area contributed by atoms with Crippen molar-refractivity contribution in [1.29, 1.82) is 0 Å². The van der Waals surface area contributed by atoms with Gasteiger partial charge in [-0.25, -0.2) is 0 Å². The number of hydrogen-bond donors (Lipinski definition) is 0. The van der Waals surface area contributed by atoms with Crippen molar-refractivity contribution in [2.24, 2.45) is 5.92 Å². The zero-order valence-electron chi connectivity index (χ0n) is 9.47. The number of aryl methyl sites for hydroxylation is 2. The molecule has 0 saturated heterocycles. The minimum atomic E-state index is 0.246. The molecule has 2 atom stereocenters. The Morgan fingerprint density at radius 1 is 1.07 bits per heavy atom. The van der Waals surface area contributed by atoms with Gasteiger partial charge in [-0.15, -0.1) is 11.6 Å². The molecule has 1 aromatic carbocycles. The maximum Gasteiger partial charge on any atom is 0.0336 e. The lowest BCUT2D eigenvalue weighted by Crippen LogP contribution is -2.10. The van der Waals surface area contributed by atoms with Gasteiger partial charge < -0.3 is 0 Å². The average Bonchev–Trinajstić information content (AvgIpc) is 2.01. The fourth-order valence-electron chi connectivity index (χ4n) is 1.72. The number of benzene rings is 1. The summed E-state index contributed by atoms with van der Waals surface area (Å²) in [6.45, 7) is 8.56. The molecule has 0 heterocycles. The molecule has 0 aliphatic heterocycles. The summed E-state index contributed by atoms with van der Waals surface area (Å²) < 4.78 is 0. The topological polar surface area (TPSA) is 0 Å². The summed E-state index contributed by atoms with van der Waals surface area (Å²) in [5, 5.41) is 0.246. The highest BCUT2D eigenvalue weighted by atomic mass is 35.5. The summed E-state index contributed by atoms with van der Waals surface area (Å²) in [7, 11) is 0. The molecule has 0 aliphatic rings. The molecule has 14 heavy (non-hydrogen) atoms. The van der Waals surface area contributed by atoms with Crippen LogP contribution in [0.4, 0.5) is 0 Å². The minimum absolute atomic E-state index is 0.246. The fraction of sp³-hybridized carbons (Fsp3) is 0.538. The average molecular weight is 211 g/mol. The lowest BCUT2D eigenvalue weighted by Gasteiger charge is -2.14. The van der Waals surface area contributed by atoms with Gasteiger partial charge in [-0.3, -0.25) is 0 Å². The molecular weight excluding hydrogens is 192 g/mol. The van der Waals surface area contributed by atoms with E-state index in [2.05, 4.69) is 45.9 Å². The second kappa shape index (κ2) is 4.84. The second-order valence-corrected chi connectivity index (χ2v) is 5.04. The summed E-state index contributed by atoms with van der Waals surface area (Å²) in [5.74, 6) is 0.540. The molecule has 2 unspecified atom stereocenters. The van der Waals surface area contributed by atoms with E-state index in [4.69, 9.17) is 11.6 Å². The van der Waals surface area contributed by atoms with E-state index in [0.717, 1.165) is 6.42 Å². The fourth-order valence-corrected chi connectivity index (χ4v) is 1.81. The van der Waals surface area contributed by atoms with Crippen molar-refractivity contribution in [3.63, 3.8) is 0 Å². The van der Waals surface area contributed by atoms with Crippen LogP contribution in [-0.4, -0.2) is 5.38 Å². The molecule has 1 aromatic rings. The Balaban J connectivity index is 2.76. The summed E-state index contributed by atoms with van der Waals surface area (Å²) in [6.07, 6.45) is 1.08. The van der Waals surface area contributed by atoms with Crippen LogP contribution in [0.25, 0.3) is 0 Å². The van der Waals surface area contributed by atoms with Crippen LogP contribution in [0.1, 0.15) is 30.5 Å². The molecule has 0 nitrogen and oxygen atoms in total. The van der Waals surface area contributed by atoms with Gasteiger partial charge in [-0.1, -0.05) is 36.2 Å². The van der Waals surface area contributed by atoms with Gasteiger partial charge in [0.15, 0.2) is 0 Å². The first-order chi connectivity index (χ1) is 6.49. The van der Waals surface area contributed by atoms with E-state index in [9.17, 15) is 0 Å². The number of halogens is 1. The van der Waals surface area contributed by atoms with E-state index in [1.54, 1.807) is 0 Å². The molecule has 1 rings (SSSR count). The molecule has 0 saturated carbocycles. The van der Waals surface area contributed by atoms with Gasteiger partial charge in [0, 0.05) is 5.38 Å². The Bertz CT molecular complexity index is 282. The molecule has 0 bridgehead atoms. The Labute approximate surface area is 92.3 Å². The van der Waals surface area contributed by atoms with E-state index >= 15 is 0 Å². The molecule has 0 fully saturated rings. The van der Waals surface area contributed by atoms with Crippen molar-refractivity contribution in [2.75, 3.05) is 0 Å².